The van der Waals surface area contributed by atoms with Gasteiger partial charge in [0.15, 0.2) is 0 Å². The van der Waals surface area contributed by atoms with Gasteiger partial charge in [-0.25, -0.2) is 0 Å². The highest BCUT2D eigenvalue weighted by atomic mass is 79.9. The van der Waals surface area contributed by atoms with Crippen molar-refractivity contribution in [1.82, 2.24) is 4.90 Å². The summed E-state index contributed by atoms with van der Waals surface area (Å²) < 4.78 is 1.18. The lowest BCUT2D eigenvalue weighted by molar-refractivity contribution is -0.0120. The second kappa shape index (κ2) is 4.89. The first kappa shape index (κ1) is 12.1. The summed E-state index contributed by atoms with van der Waals surface area (Å²) in [6, 6.07) is 8.63. The second-order valence-corrected chi connectivity index (χ2v) is 5.90. The molecule has 0 radical (unpaired) electrons. The van der Waals surface area contributed by atoms with E-state index in [2.05, 4.69) is 58.9 Å². The van der Waals surface area contributed by atoms with Gasteiger partial charge in [-0.3, -0.25) is 4.90 Å². The predicted octanol–water partition coefficient (Wildman–Crippen LogP) is 4.07. The zero-order valence-corrected chi connectivity index (χ0v) is 11.8. The molecular weight excluding hydrogens is 262 g/mol. The molecule has 0 unspecified atom stereocenters. The normalized spacial score (nSPS) is 19.4. The molecule has 0 saturated carbocycles. The second-order valence-electron chi connectivity index (χ2n) is 4.98. The van der Waals surface area contributed by atoms with E-state index in [1.807, 2.05) is 0 Å². The van der Waals surface area contributed by atoms with Crippen LogP contribution in [0.15, 0.2) is 28.7 Å². The van der Waals surface area contributed by atoms with Crippen LogP contribution in [-0.2, 0) is 6.54 Å². The molecule has 2 heteroatoms. The molecule has 0 N–H and O–H groups in total. The molecule has 1 aromatic carbocycles. The molecule has 1 aromatic rings. The minimum atomic E-state index is 0.617. The molecule has 0 atom stereocenters. The molecule has 1 heterocycles. The van der Waals surface area contributed by atoms with E-state index in [9.17, 15) is 0 Å². The van der Waals surface area contributed by atoms with Crippen molar-refractivity contribution in [2.75, 3.05) is 13.1 Å². The van der Waals surface area contributed by atoms with Gasteiger partial charge in [0.1, 0.15) is 0 Å². The van der Waals surface area contributed by atoms with Crippen molar-refractivity contribution in [3.8, 4) is 0 Å². The molecule has 0 bridgehead atoms. The summed E-state index contributed by atoms with van der Waals surface area (Å²) in [5.74, 6) is 0. The van der Waals surface area contributed by atoms with Gasteiger partial charge in [0.25, 0.3) is 0 Å². The fourth-order valence-electron chi connectivity index (χ4n) is 2.60. The Morgan fingerprint density at radius 2 is 1.94 bits per heavy atom. The molecule has 88 valence electrons. The van der Waals surface area contributed by atoms with Crippen molar-refractivity contribution in [1.29, 1.82) is 0 Å². The van der Waals surface area contributed by atoms with Crippen LogP contribution in [0.25, 0.3) is 0 Å². The number of benzene rings is 1. The van der Waals surface area contributed by atoms with Crippen LogP contribution in [-0.4, -0.2) is 18.0 Å². The first-order valence-electron chi connectivity index (χ1n) is 6.14. The molecular formula is C14H20BrN. The highest BCUT2D eigenvalue weighted by Gasteiger charge is 2.39. The van der Waals surface area contributed by atoms with Crippen LogP contribution in [0.3, 0.4) is 0 Å². The lowest BCUT2D eigenvalue weighted by atomic mass is 9.75. The van der Waals surface area contributed by atoms with Crippen LogP contribution in [0.4, 0.5) is 0 Å². The first-order chi connectivity index (χ1) is 7.67. The monoisotopic (exact) mass is 281 g/mol. The van der Waals surface area contributed by atoms with Gasteiger partial charge in [-0.1, -0.05) is 41.9 Å². The van der Waals surface area contributed by atoms with Crippen LogP contribution >= 0.6 is 15.9 Å². The van der Waals surface area contributed by atoms with Gasteiger partial charge in [-0.05, 0) is 36.0 Å². The maximum absolute atomic E-state index is 3.52. The van der Waals surface area contributed by atoms with Crippen LogP contribution < -0.4 is 0 Å². The Morgan fingerprint density at radius 3 is 2.50 bits per heavy atom. The summed E-state index contributed by atoms with van der Waals surface area (Å²) in [4.78, 5) is 2.55. The molecule has 0 aliphatic carbocycles. The fraction of sp³-hybridized carbons (Fsp3) is 0.571. The van der Waals surface area contributed by atoms with Crippen LogP contribution in [0, 0.1) is 5.41 Å². The van der Waals surface area contributed by atoms with Crippen molar-refractivity contribution < 1.29 is 0 Å². The summed E-state index contributed by atoms with van der Waals surface area (Å²) in [5, 5.41) is 0. The molecule has 16 heavy (non-hydrogen) atoms. The minimum Gasteiger partial charge on any atom is -0.298 e. The average molecular weight is 282 g/mol. The third-order valence-electron chi connectivity index (χ3n) is 3.91. The standard InChI is InChI=1S/C14H20BrN/c1-3-14(4-2)10-16(11-14)9-12-6-5-7-13(15)8-12/h5-8H,3-4,9-11H2,1-2H3. The van der Waals surface area contributed by atoms with Crippen LogP contribution in [0.2, 0.25) is 0 Å². The number of halogens is 1. The highest BCUT2D eigenvalue weighted by Crippen LogP contribution is 2.37. The summed E-state index contributed by atoms with van der Waals surface area (Å²) >= 11 is 3.52. The molecule has 0 spiro atoms. The molecule has 1 aliphatic heterocycles. The van der Waals surface area contributed by atoms with Crippen molar-refractivity contribution in [2.45, 2.75) is 33.2 Å². The van der Waals surface area contributed by atoms with E-state index in [1.54, 1.807) is 0 Å². The summed E-state index contributed by atoms with van der Waals surface area (Å²) in [6.07, 6.45) is 2.64. The highest BCUT2D eigenvalue weighted by molar-refractivity contribution is 9.10. The van der Waals surface area contributed by atoms with E-state index in [1.165, 1.54) is 36.0 Å². The Morgan fingerprint density at radius 1 is 1.25 bits per heavy atom. The zero-order valence-electron chi connectivity index (χ0n) is 10.2. The Bertz CT molecular complexity index is 350. The Labute approximate surface area is 107 Å². The first-order valence-corrected chi connectivity index (χ1v) is 6.93. The fourth-order valence-corrected chi connectivity index (χ4v) is 3.05. The zero-order chi connectivity index (χ0) is 11.6. The van der Waals surface area contributed by atoms with Gasteiger partial charge in [-0.15, -0.1) is 0 Å². The number of hydrogen-bond acceptors (Lipinski definition) is 1. The maximum Gasteiger partial charge on any atom is 0.0234 e. The Kier molecular flexibility index (Phi) is 3.70. The van der Waals surface area contributed by atoms with E-state index >= 15 is 0 Å². The third-order valence-corrected chi connectivity index (χ3v) is 4.41. The molecule has 1 saturated heterocycles. The molecule has 0 amide bonds. The van der Waals surface area contributed by atoms with Gasteiger partial charge < -0.3 is 0 Å². The SMILES string of the molecule is CCC1(CC)CN(Cc2cccc(Br)c2)C1. The topological polar surface area (TPSA) is 3.24 Å². The van der Waals surface area contributed by atoms with Crippen LogP contribution in [0.1, 0.15) is 32.3 Å². The van der Waals surface area contributed by atoms with E-state index in [0.717, 1.165) is 6.54 Å². The molecule has 1 fully saturated rings. The summed E-state index contributed by atoms with van der Waals surface area (Å²) in [5.41, 5.74) is 2.03. The van der Waals surface area contributed by atoms with E-state index < -0.39 is 0 Å². The summed E-state index contributed by atoms with van der Waals surface area (Å²) in [7, 11) is 0. The van der Waals surface area contributed by atoms with Gasteiger partial charge in [0.2, 0.25) is 0 Å². The Hall–Kier alpha value is -0.340. The van der Waals surface area contributed by atoms with Crippen molar-refractivity contribution in [3.63, 3.8) is 0 Å². The van der Waals surface area contributed by atoms with Crippen LogP contribution in [0.5, 0.6) is 0 Å². The van der Waals surface area contributed by atoms with Gasteiger partial charge in [-0.2, -0.15) is 0 Å². The average Bonchev–Trinajstić information content (AvgIpc) is 2.23. The predicted molar refractivity (Wildman–Crippen MR) is 72.4 cm³/mol. The van der Waals surface area contributed by atoms with Crippen molar-refractivity contribution in [3.05, 3.63) is 34.3 Å². The van der Waals surface area contributed by atoms with Crippen molar-refractivity contribution >= 4 is 15.9 Å². The quantitative estimate of drug-likeness (QED) is 0.804. The maximum atomic E-state index is 3.52. The lowest BCUT2D eigenvalue weighted by Crippen LogP contribution is -2.54. The number of rotatable bonds is 4. The molecule has 2 rings (SSSR count). The third kappa shape index (κ3) is 2.49. The van der Waals surface area contributed by atoms with E-state index in [0.29, 0.717) is 5.41 Å². The van der Waals surface area contributed by atoms with Gasteiger partial charge in [0.05, 0.1) is 0 Å². The van der Waals surface area contributed by atoms with Crippen molar-refractivity contribution in [2.24, 2.45) is 5.41 Å². The number of nitrogens with zero attached hydrogens (tertiary/aromatic N) is 1. The number of likely N-dealkylation sites (tertiary alicyclic amines) is 1. The molecule has 1 aliphatic rings. The molecule has 0 aromatic heterocycles. The number of hydrogen-bond donors (Lipinski definition) is 0. The van der Waals surface area contributed by atoms with Gasteiger partial charge in [0, 0.05) is 24.1 Å². The largest absolute Gasteiger partial charge is 0.298 e. The Balaban J connectivity index is 1.90. The summed E-state index contributed by atoms with van der Waals surface area (Å²) in [6.45, 7) is 8.28. The van der Waals surface area contributed by atoms with Gasteiger partial charge >= 0.3 is 0 Å². The van der Waals surface area contributed by atoms with E-state index in [4.69, 9.17) is 0 Å². The lowest BCUT2D eigenvalue weighted by Gasteiger charge is -2.50. The smallest absolute Gasteiger partial charge is 0.0234 e. The minimum absolute atomic E-state index is 0.617. The molecule has 1 nitrogen and oxygen atoms in total. The van der Waals surface area contributed by atoms with E-state index in [-0.39, 0.29) is 0 Å².